The monoisotopic (exact) mass is 447 g/mol. The van der Waals surface area contributed by atoms with Gasteiger partial charge in [0.2, 0.25) is 0 Å². The Morgan fingerprint density at radius 3 is 2.39 bits per heavy atom. The van der Waals surface area contributed by atoms with Crippen molar-refractivity contribution in [3.8, 4) is 11.1 Å². The normalized spacial score (nSPS) is 11.5. The molecule has 0 amide bonds. The first-order valence-electron chi connectivity index (χ1n) is 11.2. The molecule has 0 saturated carbocycles. The lowest BCUT2D eigenvalue weighted by Gasteiger charge is -2.30. The van der Waals surface area contributed by atoms with Gasteiger partial charge in [-0.25, -0.2) is 0 Å². The van der Waals surface area contributed by atoms with Gasteiger partial charge in [-0.05, 0) is 42.0 Å². The van der Waals surface area contributed by atoms with Crippen LogP contribution in [0.15, 0.2) is 63.4 Å². The molecule has 4 N–H and O–H groups in total. The first-order chi connectivity index (χ1) is 15.8. The smallest absolute Gasteiger partial charge is 0.176 e. The zero-order valence-electron chi connectivity index (χ0n) is 20.0. The molecule has 0 spiro atoms. The molecule has 0 aliphatic carbocycles. The standard InChI is InChI=1S/C25H33N7O/c1-16(2)14-32(15-17(3)4)23-11-10-19(13-22(23)28-24-12-18(5)33-30-24)20-8-6-7-9-21(20)25(26)29-31-27/h6-13,16-17H,14-15H2,1-5H3,(H,28,30)(H3,26,27,29). The fourth-order valence-corrected chi connectivity index (χ4v) is 3.85. The molecule has 174 valence electrons. The van der Waals surface area contributed by atoms with Gasteiger partial charge >= 0.3 is 0 Å². The van der Waals surface area contributed by atoms with Gasteiger partial charge in [0.15, 0.2) is 11.7 Å². The summed E-state index contributed by atoms with van der Waals surface area (Å²) < 4.78 is 5.27. The Hall–Kier alpha value is -3.68. The van der Waals surface area contributed by atoms with Crippen LogP contribution in [0.5, 0.6) is 0 Å². The zero-order valence-corrected chi connectivity index (χ0v) is 20.0. The van der Waals surface area contributed by atoms with Crippen LogP contribution in [0.4, 0.5) is 17.2 Å². The molecule has 3 rings (SSSR count). The molecule has 33 heavy (non-hydrogen) atoms. The van der Waals surface area contributed by atoms with E-state index in [-0.39, 0.29) is 5.84 Å². The fourth-order valence-electron chi connectivity index (χ4n) is 3.85. The van der Waals surface area contributed by atoms with Gasteiger partial charge in [0.05, 0.1) is 11.4 Å². The van der Waals surface area contributed by atoms with Crippen molar-refractivity contribution in [2.24, 2.45) is 28.0 Å². The summed E-state index contributed by atoms with van der Waals surface area (Å²) in [5.41, 5.74) is 4.49. The van der Waals surface area contributed by atoms with Crippen LogP contribution in [0.1, 0.15) is 39.0 Å². The number of nitrogens with two attached hydrogens (primary N) is 1. The second-order valence-electron chi connectivity index (χ2n) is 8.98. The molecular weight excluding hydrogens is 414 g/mol. The highest BCUT2D eigenvalue weighted by Gasteiger charge is 2.18. The van der Waals surface area contributed by atoms with E-state index in [0.717, 1.165) is 41.4 Å². The molecule has 2 aromatic carbocycles. The van der Waals surface area contributed by atoms with E-state index in [1.54, 1.807) is 0 Å². The molecule has 0 aliphatic rings. The van der Waals surface area contributed by atoms with Gasteiger partial charge < -0.3 is 20.6 Å². The van der Waals surface area contributed by atoms with Crippen LogP contribution in [0, 0.1) is 24.2 Å². The van der Waals surface area contributed by atoms with E-state index in [1.165, 1.54) is 0 Å². The van der Waals surface area contributed by atoms with E-state index >= 15 is 0 Å². The lowest BCUT2D eigenvalue weighted by molar-refractivity contribution is 0.400. The maximum absolute atomic E-state index is 8.23. The quantitative estimate of drug-likeness (QED) is 0.119. The summed E-state index contributed by atoms with van der Waals surface area (Å²) in [6.45, 7) is 12.6. The Bertz CT molecular complexity index is 1110. The number of aromatic nitrogens is 1. The van der Waals surface area contributed by atoms with Crippen molar-refractivity contribution in [1.82, 2.24) is 5.16 Å². The van der Waals surface area contributed by atoms with Crippen molar-refractivity contribution < 1.29 is 4.52 Å². The Labute approximate surface area is 195 Å². The molecule has 0 unspecified atom stereocenters. The van der Waals surface area contributed by atoms with Crippen molar-refractivity contribution in [2.45, 2.75) is 34.6 Å². The Balaban J connectivity index is 2.12. The summed E-state index contributed by atoms with van der Waals surface area (Å²) in [6, 6.07) is 15.8. The Morgan fingerprint density at radius 2 is 1.79 bits per heavy atom. The molecule has 1 aromatic heterocycles. The van der Waals surface area contributed by atoms with Crippen LogP contribution in [0.3, 0.4) is 0 Å². The third kappa shape index (κ3) is 6.19. The predicted molar refractivity (Wildman–Crippen MR) is 134 cm³/mol. The molecular formula is C25H33N7O. The van der Waals surface area contributed by atoms with Crippen LogP contribution in [0.25, 0.3) is 11.1 Å². The second-order valence-corrected chi connectivity index (χ2v) is 8.98. The third-order valence-electron chi connectivity index (χ3n) is 5.05. The number of amidine groups is 1. The number of nitrogens with one attached hydrogen (secondary N) is 2. The van der Waals surface area contributed by atoms with Gasteiger partial charge in [-0.1, -0.05) is 68.4 Å². The van der Waals surface area contributed by atoms with Crippen molar-refractivity contribution in [3.63, 3.8) is 0 Å². The van der Waals surface area contributed by atoms with E-state index in [1.807, 2.05) is 37.3 Å². The minimum absolute atomic E-state index is 0.0139. The number of nitrogens with zero attached hydrogens (tertiary/aromatic N) is 4. The highest BCUT2D eigenvalue weighted by molar-refractivity contribution is 6.03. The Morgan fingerprint density at radius 1 is 1.09 bits per heavy atom. The van der Waals surface area contributed by atoms with E-state index in [4.69, 9.17) is 15.8 Å². The molecule has 3 aromatic rings. The SMILES string of the molecule is Cc1cc(Nc2cc(-c3ccccc3C(=N)/N=N\N)ccc2N(CC(C)C)CC(C)C)no1. The summed E-state index contributed by atoms with van der Waals surface area (Å²) >= 11 is 0. The lowest BCUT2D eigenvalue weighted by Crippen LogP contribution is -2.31. The molecule has 0 aliphatic heterocycles. The minimum Gasteiger partial charge on any atom is -0.369 e. The molecule has 0 saturated heterocycles. The number of anilines is 3. The largest absolute Gasteiger partial charge is 0.369 e. The van der Waals surface area contributed by atoms with Gasteiger partial charge in [-0.3, -0.25) is 5.41 Å². The summed E-state index contributed by atoms with van der Waals surface area (Å²) in [5, 5.41) is 22.8. The molecule has 0 fully saturated rings. The molecule has 0 atom stereocenters. The van der Waals surface area contributed by atoms with Crippen LogP contribution in [-0.2, 0) is 0 Å². The Kier molecular flexibility index (Phi) is 7.82. The maximum atomic E-state index is 8.23. The molecule has 8 heteroatoms. The van der Waals surface area contributed by atoms with Crippen LogP contribution >= 0.6 is 0 Å². The van der Waals surface area contributed by atoms with Gasteiger partial charge in [-0.2, -0.15) is 0 Å². The van der Waals surface area contributed by atoms with Gasteiger partial charge in [0.25, 0.3) is 0 Å². The van der Waals surface area contributed by atoms with Crippen LogP contribution < -0.4 is 16.1 Å². The lowest BCUT2D eigenvalue weighted by atomic mass is 9.97. The number of rotatable bonds is 9. The van der Waals surface area contributed by atoms with Crippen molar-refractivity contribution in [1.29, 1.82) is 5.41 Å². The average molecular weight is 448 g/mol. The predicted octanol–water partition coefficient (Wildman–Crippen LogP) is 6.16. The van der Waals surface area contributed by atoms with Crippen molar-refractivity contribution >= 4 is 23.0 Å². The van der Waals surface area contributed by atoms with Crippen molar-refractivity contribution in [2.75, 3.05) is 23.3 Å². The molecule has 8 nitrogen and oxygen atoms in total. The van der Waals surface area contributed by atoms with E-state index in [9.17, 15) is 0 Å². The third-order valence-corrected chi connectivity index (χ3v) is 5.05. The van der Waals surface area contributed by atoms with Gasteiger partial charge in [-0.15, -0.1) is 5.11 Å². The second kappa shape index (κ2) is 10.8. The van der Waals surface area contributed by atoms with E-state index in [0.29, 0.717) is 23.2 Å². The molecule has 1 heterocycles. The fraction of sp³-hybridized carbons (Fsp3) is 0.360. The first kappa shape index (κ1) is 24.0. The van der Waals surface area contributed by atoms with Crippen LogP contribution in [0.2, 0.25) is 0 Å². The number of hydrogen-bond acceptors (Lipinski definition) is 6. The van der Waals surface area contributed by atoms with E-state index in [2.05, 4.69) is 71.6 Å². The van der Waals surface area contributed by atoms with Gasteiger partial charge in [0, 0.05) is 24.7 Å². The first-order valence-corrected chi connectivity index (χ1v) is 11.2. The number of aryl methyl sites for hydroxylation is 1. The maximum Gasteiger partial charge on any atom is 0.176 e. The molecule has 0 bridgehead atoms. The summed E-state index contributed by atoms with van der Waals surface area (Å²) in [5.74, 6) is 7.60. The highest BCUT2D eigenvalue weighted by atomic mass is 16.5. The number of benzene rings is 2. The van der Waals surface area contributed by atoms with Crippen LogP contribution in [-0.4, -0.2) is 24.1 Å². The number of hydrogen-bond donors (Lipinski definition) is 3. The van der Waals surface area contributed by atoms with E-state index < -0.39 is 0 Å². The minimum atomic E-state index is 0.0139. The average Bonchev–Trinajstić information content (AvgIpc) is 3.17. The molecule has 0 radical (unpaired) electrons. The zero-order chi connectivity index (χ0) is 24.0. The van der Waals surface area contributed by atoms with Gasteiger partial charge in [0.1, 0.15) is 5.76 Å². The summed E-state index contributed by atoms with van der Waals surface area (Å²) in [7, 11) is 0. The topological polar surface area (TPSA) is 116 Å². The van der Waals surface area contributed by atoms with Crippen molar-refractivity contribution in [3.05, 3.63) is 59.9 Å². The summed E-state index contributed by atoms with van der Waals surface area (Å²) in [4.78, 5) is 2.41. The summed E-state index contributed by atoms with van der Waals surface area (Å²) in [6.07, 6.45) is 0. The highest BCUT2D eigenvalue weighted by Crippen LogP contribution is 2.35.